The third-order valence-electron chi connectivity index (χ3n) is 4.63. The minimum atomic E-state index is -0.775. The predicted molar refractivity (Wildman–Crippen MR) is 87.9 cm³/mol. The van der Waals surface area contributed by atoms with Crippen LogP contribution >= 0.6 is 0 Å². The second-order valence-corrected chi connectivity index (χ2v) is 6.44. The van der Waals surface area contributed by atoms with E-state index < -0.39 is 11.5 Å². The van der Waals surface area contributed by atoms with Crippen molar-refractivity contribution in [2.45, 2.75) is 32.3 Å². The van der Waals surface area contributed by atoms with Crippen molar-refractivity contribution >= 4 is 5.97 Å². The highest BCUT2D eigenvalue weighted by molar-refractivity contribution is 5.77. The molecule has 1 heterocycles. The lowest BCUT2D eigenvalue weighted by Crippen LogP contribution is -2.48. The quantitative estimate of drug-likeness (QED) is 0.734. The van der Waals surface area contributed by atoms with Crippen molar-refractivity contribution < 1.29 is 24.1 Å². The van der Waals surface area contributed by atoms with Gasteiger partial charge in [0, 0.05) is 6.54 Å². The van der Waals surface area contributed by atoms with Crippen molar-refractivity contribution in [3.8, 4) is 0 Å². The molecule has 134 valence electrons. The highest BCUT2D eigenvalue weighted by Gasteiger charge is 2.42. The Balaban J connectivity index is 2.10. The van der Waals surface area contributed by atoms with Crippen LogP contribution in [-0.4, -0.2) is 60.0 Å². The van der Waals surface area contributed by atoms with Crippen molar-refractivity contribution in [2.75, 3.05) is 32.8 Å². The number of carbonyl (C=O) groups excluding carboxylic acids is 1. The van der Waals surface area contributed by atoms with Crippen LogP contribution in [0.1, 0.15) is 25.3 Å². The van der Waals surface area contributed by atoms with Crippen molar-refractivity contribution in [1.29, 1.82) is 0 Å². The summed E-state index contributed by atoms with van der Waals surface area (Å²) in [5, 5.41) is 18.5. The van der Waals surface area contributed by atoms with Crippen LogP contribution in [0.15, 0.2) is 24.3 Å². The van der Waals surface area contributed by atoms with Crippen LogP contribution in [0.5, 0.6) is 0 Å². The van der Waals surface area contributed by atoms with Crippen molar-refractivity contribution in [1.82, 2.24) is 4.90 Å². The van der Waals surface area contributed by atoms with E-state index in [1.165, 1.54) is 12.1 Å². The molecule has 0 radical (unpaired) electrons. The van der Waals surface area contributed by atoms with Gasteiger partial charge in [-0.3, -0.25) is 4.79 Å². The van der Waals surface area contributed by atoms with Gasteiger partial charge in [-0.05, 0) is 57.0 Å². The lowest BCUT2D eigenvalue weighted by Gasteiger charge is -2.40. The monoisotopic (exact) mass is 339 g/mol. The zero-order chi connectivity index (χ0) is 17.6. The van der Waals surface area contributed by atoms with Crippen LogP contribution in [0.2, 0.25) is 0 Å². The van der Waals surface area contributed by atoms with Crippen LogP contribution < -0.4 is 0 Å². The zero-order valence-corrected chi connectivity index (χ0v) is 14.1. The molecule has 0 saturated carbocycles. The zero-order valence-electron chi connectivity index (χ0n) is 14.1. The van der Waals surface area contributed by atoms with Gasteiger partial charge in [0.1, 0.15) is 5.82 Å². The van der Waals surface area contributed by atoms with Crippen LogP contribution in [0.3, 0.4) is 0 Å². The summed E-state index contributed by atoms with van der Waals surface area (Å²) < 4.78 is 18.7. The number of likely N-dealkylation sites (tertiary alicyclic amines) is 1. The highest BCUT2D eigenvalue weighted by atomic mass is 19.1. The molecular formula is C18H26FNO4. The summed E-state index contributed by atoms with van der Waals surface area (Å²) in [7, 11) is 0. The Hall–Kier alpha value is -1.50. The molecule has 1 saturated heterocycles. The van der Waals surface area contributed by atoms with Gasteiger partial charge in [0.05, 0.1) is 24.7 Å². The molecule has 0 bridgehead atoms. The number of esters is 1. The van der Waals surface area contributed by atoms with E-state index in [-0.39, 0.29) is 18.4 Å². The van der Waals surface area contributed by atoms with Gasteiger partial charge in [0.15, 0.2) is 0 Å². The normalized spacial score (nSPS) is 19.0. The van der Waals surface area contributed by atoms with E-state index in [9.17, 15) is 14.3 Å². The van der Waals surface area contributed by atoms with Gasteiger partial charge < -0.3 is 19.8 Å². The fourth-order valence-corrected chi connectivity index (χ4v) is 3.29. The number of rotatable bonds is 7. The number of β-amino-alcohol motifs (C(OH)–C–C–N with tert-alkyl or cyclic N) is 1. The minimum absolute atomic E-state index is 0.239. The van der Waals surface area contributed by atoms with Gasteiger partial charge in [-0.1, -0.05) is 12.1 Å². The summed E-state index contributed by atoms with van der Waals surface area (Å²) in [5.41, 5.74) is 0.122. The molecule has 1 atom stereocenters. The predicted octanol–water partition coefficient (Wildman–Crippen LogP) is 1.37. The summed E-state index contributed by atoms with van der Waals surface area (Å²) in [6.45, 7) is 3.46. The number of halogens is 1. The molecule has 0 amide bonds. The Morgan fingerprint density at radius 3 is 2.71 bits per heavy atom. The first kappa shape index (κ1) is 18.8. The average Bonchev–Trinajstić information content (AvgIpc) is 2.57. The Kier molecular flexibility index (Phi) is 6.71. The SMILES string of the molecule is CCOC(=O)C1(Cc2cccc(F)c2)CCN(C[C@@H](O)CO)CC1. The van der Waals surface area contributed by atoms with Crippen LogP contribution in [0, 0.1) is 11.2 Å². The lowest BCUT2D eigenvalue weighted by molar-refractivity contribution is -0.158. The summed E-state index contributed by atoms with van der Waals surface area (Å²) in [5.74, 6) is -0.549. The van der Waals surface area contributed by atoms with Crippen molar-refractivity contribution in [3.05, 3.63) is 35.6 Å². The van der Waals surface area contributed by atoms with Gasteiger partial charge in [-0.25, -0.2) is 4.39 Å². The number of hydrogen-bond acceptors (Lipinski definition) is 5. The smallest absolute Gasteiger partial charge is 0.312 e. The largest absolute Gasteiger partial charge is 0.466 e. The first-order valence-corrected chi connectivity index (χ1v) is 8.42. The Labute approximate surface area is 142 Å². The van der Waals surface area contributed by atoms with E-state index in [0.717, 1.165) is 5.56 Å². The molecule has 0 aliphatic carbocycles. The van der Waals surface area contributed by atoms with Crippen LogP contribution in [0.4, 0.5) is 4.39 Å². The first-order chi connectivity index (χ1) is 11.5. The maximum Gasteiger partial charge on any atom is 0.312 e. The second-order valence-electron chi connectivity index (χ2n) is 6.44. The molecule has 1 aliphatic rings. The Morgan fingerprint density at radius 2 is 2.12 bits per heavy atom. The van der Waals surface area contributed by atoms with E-state index in [1.807, 2.05) is 11.0 Å². The molecule has 1 aromatic carbocycles. The molecule has 0 aromatic heterocycles. The number of hydrogen-bond donors (Lipinski definition) is 2. The molecule has 1 aliphatic heterocycles. The number of nitrogens with zero attached hydrogens (tertiary/aromatic N) is 1. The molecule has 2 rings (SSSR count). The third kappa shape index (κ3) is 4.75. The standard InChI is InChI=1S/C18H26FNO4/c1-2-24-17(23)18(11-14-4-3-5-15(19)10-14)6-8-20(9-7-18)12-16(22)13-21/h3-5,10,16,21-22H,2,6-9,11-13H2,1H3/t16-/m1/s1. The fourth-order valence-electron chi connectivity index (χ4n) is 3.29. The molecular weight excluding hydrogens is 313 g/mol. The van der Waals surface area contributed by atoms with E-state index in [4.69, 9.17) is 9.84 Å². The molecule has 0 unspecified atom stereocenters. The lowest BCUT2D eigenvalue weighted by atomic mass is 9.73. The number of benzene rings is 1. The summed E-state index contributed by atoms with van der Waals surface area (Å²) in [6, 6.07) is 6.32. The summed E-state index contributed by atoms with van der Waals surface area (Å²) >= 11 is 0. The van der Waals surface area contributed by atoms with Gasteiger partial charge in [-0.15, -0.1) is 0 Å². The Bertz CT molecular complexity index is 544. The molecule has 1 fully saturated rings. The molecule has 6 heteroatoms. The fraction of sp³-hybridized carbons (Fsp3) is 0.611. The molecule has 24 heavy (non-hydrogen) atoms. The Morgan fingerprint density at radius 1 is 1.42 bits per heavy atom. The van der Waals surface area contributed by atoms with Gasteiger partial charge in [0.25, 0.3) is 0 Å². The first-order valence-electron chi connectivity index (χ1n) is 8.42. The van der Waals surface area contributed by atoms with E-state index in [1.54, 1.807) is 13.0 Å². The third-order valence-corrected chi connectivity index (χ3v) is 4.63. The van der Waals surface area contributed by atoms with Gasteiger partial charge >= 0.3 is 5.97 Å². The van der Waals surface area contributed by atoms with E-state index in [2.05, 4.69) is 0 Å². The average molecular weight is 339 g/mol. The maximum absolute atomic E-state index is 13.5. The van der Waals surface area contributed by atoms with Crippen molar-refractivity contribution in [2.24, 2.45) is 5.41 Å². The summed E-state index contributed by atoms with van der Waals surface area (Å²) in [4.78, 5) is 14.6. The van der Waals surface area contributed by atoms with Crippen LogP contribution in [-0.2, 0) is 16.0 Å². The molecule has 1 aromatic rings. The minimum Gasteiger partial charge on any atom is -0.466 e. The van der Waals surface area contributed by atoms with Gasteiger partial charge in [-0.2, -0.15) is 0 Å². The maximum atomic E-state index is 13.5. The van der Waals surface area contributed by atoms with E-state index >= 15 is 0 Å². The highest BCUT2D eigenvalue weighted by Crippen LogP contribution is 2.37. The van der Waals surface area contributed by atoms with Gasteiger partial charge in [0.2, 0.25) is 0 Å². The number of carbonyl (C=O) groups is 1. The van der Waals surface area contributed by atoms with Crippen molar-refractivity contribution in [3.63, 3.8) is 0 Å². The number of aliphatic hydroxyl groups excluding tert-OH is 2. The molecule has 2 N–H and O–H groups in total. The summed E-state index contributed by atoms with van der Waals surface area (Å²) in [6.07, 6.45) is 0.837. The number of ether oxygens (including phenoxy) is 1. The molecule has 5 nitrogen and oxygen atoms in total. The molecule has 0 spiro atoms. The van der Waals surface area contributed by atoms with E-state index in [0.29, 0.717) is 45.5 Å². The number of aliphatic hydroxyl groups is 2. The van der Waals surface area contributed by atoms with Crippen LogP contribution in [0.25, 0.3) is 0 Å². The second kappa shape index (κ2) is 8.55. The number of piperidine rings is 1. The topological polar surface area (TPSA) is 70.0 Å².